The maximum absolute atomic E-state index is 10.3. The Hall–Kier alpha value is -2.25. The summed E-state index contributed by atoms with van der Waals surface area (Å²) in [6.07, 6.45) is 5.69. The summed E-state index contributed by atoms with van der Waals surface area (Å²) in [5, 5.41) is 32.7. The van der Waals surface area contributed by atoms with E-state index in [1.54, 1.807) is 12.3 Å². The van der Waals surface area contributed by atoms with Crippen molar-refractivity contribution >= 4 is 5.82 Å². The summed E-state index contributed by atoms with van der Waals surface area (Å²) in [6.45, 7) is 9.90. The maximum Gasteiger partial charge on any atom is 0.152 e. The molecule has 1 unspecified atom stereocenters. The molecular formula is C22H31N5O2. The minimum Gasteiger partial charge on any atom is -0.506 e. The molecule has 2 aliphatic rings. The molecule has 2 aromatic heterocycles. The third kappa shape index (κ3) is 4.07. The topological polar surface area (TPSA) is 94.4 Å². The Balaban J connectivity index is 1.49. The molecule has 2 aromatic rings. The summed E-state index contributed by atoms with van der Waals surface area (Å²) >= 11 is 0. The molecule has 1 atom stereocenters. The van der Waals surface area contributed by atoms with Gasteiger partial charge in [0.05, 0.1) is 5.60 Å². The van der Waals surface area contributed by atoms with Crippen molar-refractivity contribution in [3.8, 4) is 17.1 Å². The number of nitrogens with one attached hydrogen (secondary N) is 1. The number of nitrogens with zero attached hydrogens (tertiary/aromatic N) is 4. The lowest BCUT2D eigenvalue weighted by Crippen LogP contribution is -2.57. The lowest BCUT2D eigenvalue weighted by Gasteiger charge is -2.49. The average Bonchev–Trinajstić information content (AvgIpc) is 2.65. The van der Waals surface area contributed by atoms with E-state index in [1.807, 2.05) is 27.7 Å². The Morgan fingerprint density at radius 1 is 1.14 bits per heavy atom. The van der Waals surface area contributed by atoms with Gasteiger partial charge in [0, 0.05) is 24.8 Å². The van der Waals surface area contributed by atoms with Gasteiger partial charge in [-0.15, -0.1) is 10.2 Å². The van der Waals surface area contributed by atoms with Gasteiger partial charge in [0.15, 0.2) is 5.82 Å². The van der Waals surface area contributed by atoms with E-state index in [2.05, 4.69) is 25.4 Å². The van der Waals surface area contributed by atoms with Crippen molar-refractivity contribution in [2.45, 2.75) is 71.1 Å². The number of anilines is 1. The van der Waals surface area contributed by atoms with Gasteiger partial charge >= 0.3 is 0 Å². The highest BCUT2D eigenvalue weighted by atomic mass is 16.3. The molecule has 1 aliphatic carbocycles. The van der Waals surface area contributed by atoms with Crippen molar-refractivity contribution in [1.29, 1.82) is 0 Å². The number of aliphatic hydroxyl groups is 1. The van der Waals surface area contributed by atoms with Crippen molar-refractivity contribution in [2.75, 3.05) is 18.4 Å². The third-order valence-electron chi connectivity index (χ3n) is 6.41. The predicted octanol–water partition coefficient (Wildman–Crippen LogP) is 2.96. The van der Waals surface area contributed by atoms with Crippen molar-refractivity contribution in [1.82, 2.24) is 20.1 Å². The number of hydrogen-bond acceptors (Lipinski definition) is 7. The first-order valence-electron chi connectivity index (χ1n) is 10.5. The quantitative estimate of drug-likeness (QED) is 0.730. The van der Waals surface area contributed by atoms with Crippen LogP contribution in [0.3, 0.4) is 0 Å². The molecule has 0 spiro atoms. The molecule has 29 heavy (non-hydrogen) atoms. The summed E-state index contributed by atoms with van der Waals surface area (Å²) in [5.74, 6) is 0.923. The standard InChI is InChI=1S/C22H31N5O2/c1-13-8-18(28)20(23-11-13)19-14(2)15(3)21(26-25-19)24-16-6-5-7-27(12-16)17-9-22(4,29)10-17/h8,11,16-17,28-29H,5-7,9-10,12H2,1-4H3,(H,24,26). The number of likely N-dealkylation sites (tertiary alicyclic amines) is 1. The summed E-state index contributed by atoms with van der Waals surface area (Å²) < 4.78 is 0. The number of piperidine rings is 1. The number of aryl methyl sites for hydroxylation is 1. The molecule has 156 valence electrons. The average molecular weight is 398 g/mol. The van der Waals surface area contributed by atoms with Gasteiger partial charge in [-0.25, -0.2) is 0 Å². The van der Waals surface area contributed by atoms with E-state index in [9.17, 15) is 10.2 Å². The van der Waals surface area contributed by atoms with Crippen LogP contribution in [0.15, 0.2) is 12.3 Å². The van der Waals surface area contributed by atoms with E-state index in [4.69, 9.17) is 0 Å². The van der Waals surface area contributed by atoms with Gasteiger partial charge in [0.2, 0.25) is 0 Å². The highest BCUT2D eigenvalue weighted by Crippen LogP contribution is 2.37. The van der Waals surface area contributed by atoms with E-state index >= 15 is 0 Å². The van der Waals surface area contributed by atoms with Gasteiger partial charge in [-0.05, 0) is 82.7 Å². The molecule has 3 N–H and O–H groups in total. The first kappa shape index (κ1) is 20.0. The molecule has 4 rings (SSSR count). The van der Waals surface area contributed by atoms with Crippen LogP contribution in [-0.2, 0) is 0 Å². The Morgan fingerprint density at radius 2 is 1.90 bits per heavy atom. The zero-order chi connectivity index (χ0) is 20.8. The second kappa shape index (κ2) is 7.54. The smallest absolute Gasteiger partial charge is 0.152 e. The van der Waals surface area contributed by atoms with Crippen molar-refractivity contribution < 1.29 is 10.2 Å². The van der Waals surface area contributed by atoms with Crippen LogP contribution in [0.25, 0.3) is 11.4 Å². The second-order valence-corrected chi connectivity index (χ2v) is 9.07. The van der Waals surface area contributed by atoms with E-state index < -0.39 is 5.60 Å². The van der Waals surface area contributed by atoms with Gasteiger partial charge in [-0.1, -0.05) is 0 Å². The molecule has 0 bridgehead atoms. The van der Waals surface area contributed by atoms with Gasteiger partial charge < -0.3 is 15.5 Å². The number of rotatable bonds is 4. The van der Waals surface area contributed by atoms with Crippen LogP contribution >= 0.6 is 0 Å². The minimum absolute atomic E-state index is 0.127. The minimum atomic E-state index is -0.490. The molecular weight excluding hydrogens is 366 g/mol. The van der Waals surface area contributed by atoms with Crippen LogP contribution in [0.5, 0.6) is 5.75 Å². The Bertz CT molecular complexity index is 906. The zero-order valence-corrected chi connectivity index (χ0v) is 17.7. The Labute approximate surface area is 172 Å². The summed E-state index contributed by atoms with van der Waals surface area (Å²) in [7, 11) is 0. The van der Waals surface area contributed by atoms with Crippen molar-refractivity contribution in [2.24, 2.45) is 0 Å². The van der Waals surface area contributed by atoms with E-state index in [0.717, 1.165) is 61.3 Å². The molecule has 7 nitrogen and oxygen atoms in total. The number of aromatic nitrogens is 3. The van der Waals surface area contributed by atoms with Gasteiger partial charge in [0.1, 0.15) is 17.1 Å². The zero-order valence-electron chi connectivity index (χ0n) is 17.7. The number of pyridine rings is 1. The van der Waals surface area contributed by atoms with Crippen LogP contribution in [0.1, 0.15) is 49.3 Å². The highest BCUT2D eigenvalue weighted by molar-refractivity contribution is 5.68. The molecule has 0 amide bonds. The number of aromatic hydroxyl groups is 1. The molecule has 1 aliphatic heterocycles. The highest BCUT2D eigenvalue weighted by Gasteiger charge is 2.42. The van der Waals surface area contributed by atoms with E-state index in [1.165, 1.54) is 0 Å². The van der Waals surface area contributed by atoms with Gasteiger partial charge in [0.25, 0.3) is 0 Å². The largest absolute Gasteiger partial charge is 0.506 e. The lowest BCUT2D eigenvalue weighted by atomic mass is 9.76. The van der Waals surface area contributed by atoms with Crippen LogP contribution in [0.4, 0.5) is 5.82 Å². The SMILES string of the molecule is Cc1cnc(-c2nnc(NC3CCCN(C4CC(C)(O)C4)C3)c(C)c2C)c(O)c1. The van der Waals surface area contributed by atoms with Gasteiger partial charge in [-0.3, -0.25) is 9.88 Å². The van der Waals surface area contributed by atoms with Crippen molar-refractivity contribution in [3.05, 3.63) is 29.0 Å². The fraction of sp³-hybridized carbons (Fsp3) is 0.591. The molecule has 2 fully saturated rings. The van der Waals surface area contributed by atoms with Crippen LogP contribution in [0, 0.1) is 20.8 Å². The van der Waals surface area contributed by atoms with Crippen molar-refractivity contribution in [3.63, 3.8) is 0 Å². The van der Waals surface area contributed by atoms with Crippen LogP contribution < -0.4 is 5.32 Å². The molecule has 1 saturated heterocycles. The molecule has 0 aromatic carbocycles. The lowest BCUT2D eigenvalue weighted by molar-refractivity contribution is -0.0823. The predicted molar refractivity (Wildman–Crippen MR) is 113 cm³/mol. The van der Waals surface area contributed by atoms with Gasteiger partial charge in [-0.2, -0.15) is 0 Å². The molecule has 3 heterocycles. The first-order valence-corrected chi connectivity index (χ1v) is 10.5. The van der Waals surface area contributed by atoms with E-state index in [0.29, 0.717) is 23.5 Å². The fourth-order valence-electron chi connectivity index (χ4n) is 4.57. The normalized spacial score (nSPS) is 27.5. The monoisotopic (exact) mass is 397 g/mol. The molecule has 7 heteroatoms. The third-order valence-corrected chi connectivity index (χ3v) is 6.41. The fourth-order valence-corrected chi connectivity index (χ4v) is 4.57. The molecule has 1 saturated carbocycles. The number of hydrogen-bond donors (Lipinski definition) is 3. The maximum atomic E-state index is 10.3. The van der Waals surface area contributed by atoms with Crippen LogP contribution in [-0.4, -0.2) is 61.1 Å². The summed E-state index contributed by atoms with van der Waals surface area (Å²) in [6, 6.07) is 2.50. The molecule has 0 radical (unpaired) electrons. The second-order valence-electron chi connectivity index (χ2n) is 9.07. The summed E-state index contributed by atoms with van der Waals surface area (Å²) in [4.78, 5) is 6.85. The first-order chi connectivity index (χ1) is 13.7. The summed E-state index contributed by atoms with van der Waals surface area (Å²) in [5.41, 5.74) is 3.50. The van der Waals surface area contributed by atoms with E-state index in [-0.39, 0.29) is 5.75 Å². The Kier molecular flexibility index (Phi) is 5.21. The Morgan fingerprint density at radius 3 is 2.59 bits per heavy atom. The van der Waals surface area contributed by atoms with Crippen LogP contribution in [0.2, 0.25) is 0 Å².